The number of amides is 1. The van der Waals surface area contributed by atoms with Crippen LogP contribution in [0.3, 0.4) is 0 Å². The van der Waals surface area contributed by atoms with Crippen molar-refractivity contribution < 1.29 is 9.18 Å². The van der Waals surface area contributed by atoms with Gasteiger partial charge in [0.2, 0.25) is 0 Å². The van der Waals surface area contributed by atoms with Gasteiger partial charge in [0.05, 0.1) is 5.56 Å². The molecule has 0 bridgehead atoms. The highest BCUT2D eigenvalue weighted by atomic mass is 79.9. The summed E-state index contributed by atoms with van der Waals surface area (Å²) in [6.07, 6.45) is 5.76. The summed E-state index contributed by atoms with van der Waals surface area (Å²) in [5.41, 5.74) is 0.553. The van der Waals surface area contributed by atoms with E-state index in [9.17, 15) is 9.18 Å². The van der Waals surface area contributed by atoms with Crippen molar-refractivity contribution in [1.82, 2.24) is 4.90 Å². The Balaban J connectivity index is 2.13. The van der Waals surface area contributed by atoms with Gasteiger partial charge in [-0.2, -0.15) is 0 Å². The Morgan fingerprint density at radius 2 is 1.72 bits per heavy atom. The maximum atomic E-state index is 13.0. The number of carbonyl (C=O) groups excluding carboxylic acids is 1. The van der Waals surface area contributed by atoms with Gasteiger partial charge < -0.3 is 4.90 Å². The van der Waals surface area contributed by atoms with Crippen LogP contribution in [0.4, 0.5) is 4.39 Å². The molecule has 0 aromatic heterocycles. The third kappa shape index (κ3) is 3.31. The molecule has 1 aliphatic rings. The van der Waals surface area contributed by atoms with Crippen LogP contribution >= 0.6 is 15.9 Å². The normalized spacial score (nSPS) is 17.1. The number of hydrogen-bond acceptors (Lipinski definition) is 1. The van der Waals surface area contributed by atoms with Crippen LogP contribution in [0.1, 0.15) is 42.5 Å². The highest BCUT2D eigenvalue weighted by Gasteiger charge is 2.18. The van der Waals surface area contributed by atoms with Gasteiger partial charge in [0.1, 0.15) is 5.82 Å². The van der Waals surface area contributed by atoms with E-state index in [1.165, 1.54) is 31.4 Å². The van der Waals surface area contributed by atoms with Gasteiger partial charge in [-0.1, -0.05) is 19.3 Å². The Morgan fingerprint density at radius 3 is 2.33 bits per heavy atom. The van der Waals surface area contributed by atoms with Crippen LogP contribution in [-0.2, 0) is 0 Å². The van der Waals surface area contributed by atoms with Crippen molar-refractivity contribution in [3.05, 3.63) is 34.1 Å². The molecule has 4 heteroatoms. The summed E-state index contributed by atoms with van der Waals surface area (Å²) in [5.74, 6) is -0.324. The Bertz CT molecular complexity index is 428. The van der Waals surface area contributed by atoms with E-state index in [1.807, 2.05) is 4.90 Å². The van der Waals surface area contributed by atoms with Gasteiger partial charge in [-0.3, -0.25) is 4.79 Å². The van der Waals surface area contributed by atoms with Crippen LogP contribution in [0.5, 0.6) is 0 Å². The molecule has 18 heavy (non-hydrogen) atoms. The van der Waals surface area contributed by atoms with Gasteiger partial charge in [0.25, 0.3) is 5.91 Å². The van der Waals surface area contributed by atoms with Crippen molar-refractivity contribution in [2.24, 2.45) is 0 Å². The first kappa shape index (κ1) is 13.5. The van der Waals surface area contributed by atoms with E-state index in [2.05, 4.69) is 15.9 Å². The van der Waals surface area contributed by atoms with E-state index < -0.39 is 0 Å². The first-order valence-electron chi connectivity index (χ1n) is 6.43. The molecule has 1 fully saturated rings. The molecule has 0 unspecified atom stereocenters. The second kappa shape index (κ2) is 6.32. The second-order valence-electron chi connectivity index (χ2n) is 4.68. The number of rotatable bonds is 1. The number of halogens is 2. The summed E-state index contributed by atoms with van der Waals surface area (Å²) < 4.78 is 13.6. The number of nitrogens with zero attached hydrogens (tertiary/aromatic N) is 1. The molecule has 0 spiro atoms. The smallest absolute Gasteiger partial charge is 0.255 e. The van der Waals surface area contributed by atoms with E-state index in [0.717, 1.165) is 25.9 Å². The zero-order chi connectivity index (χ0) is 13.0. The fraction of sp³-hybridized carbons (Fsp3) is 0.500. The first-order chi connectivity index (χ1) is 8.68. The fourth-order valence-electron chi connectivity index (χ4n) is 2.28. The summed E-state index contributed by atoms with van der Waals surface area (Å²) in [6, 6.07) is 4.24. The van der Waals surface area contributed by atoms with Crippen molar-refractivity contribution in [3.8, 4) is 0 Å². The molecule has 1 aliphatic heterocycles. The van der Waals surface area contributed by atoms with Crippen LogP contribution < -0.4 is 0 Å². The summed E-state index contributed by atoms with van der Waals surface area (Å²) in [5, 5.41) is 0. The molecule has 1 aromatic carbocycles. The standard InChI is InChI=1S/C14H17BrFNO/c15-13-10-11(16)6-7-12(13)14(18)17-8-4-2-1-3-5-9-17/h6-7,10H,1-5,8-9H2. The highest BCUT2D eigenvalue weighted by Crippen LogP contribution is 2.21. The van der Waals surface area contributed by atoms with Gasteiger partial charge in [-0.15, -0.1) is 0 Å². The lowest BCUT2D eigenvalue weighted by Gasteiger charge is -2.25. The molecule has 1 saturated heterocycles. The molecular formula is C14H17BrFNO. The zero-order valence-corrected chi connectivity index (χ0v) is 11.9. The van der Waals surface area contributed by atoms with Crippen LogP contribution in [-0.4, -0.2) is 23.9 Å². The topological polar surface area (TPSA) is 20.3 Å². The first-order valence-corrected chi connectivity index (χ1v) is 7.22. The predicted octanol–water partition coefficient (Wildman–Crippen LogP) is 3.99. The lowest BCUT2D eigenvalue weighted by molar-refractivity contribution is 0.0741. The quantitative estimate of drug-likeness (QED) is 0.767. The molecule has 98 valence electrons. The van der Waals surface area contributed by atoms with Crippen molar-refractivity contribution >= 4 is 21.8 Å². The third-order valence-corrected chi connectivity index (χ3v) is 3.96. The molecule has 1 heterocycles. The Hall–Kier alpha value is -0.900. The SMILES string of the molecule is O=C(c1ccc(F)cc1Br)N1CCCCCCC1. The second-order valence-corrected chi connectivity index (χ2v) is 5.54. The Labute approximate surface area is 115 Å². The van der Waals surface area contributed by atoms with Crippen molar-refractivity contribution in [2.45, 2.75) is 32.1 Å². The monoisotopic (exact) mass is 313 g/mol. The lowest BCUT2D eigenvalue weighted by atomic mass is 10.1. The van der Waals surface area contributed by atoms with Crippen LogP contribution in [0.2, 0.25) is 0 Å². The van der Waals surface area contributed by atoms with Crippen molar-refractivity contribution in [2.75, 3.05) is 13.1 Å². The number of likely N-dealkylation sites (tertiary alicyclic amines) is 1. The van der Waals surface area contributed by atoms with Gasteiger partial charge in [0.15, 0.2) is 0 Å². The summed E-state index contributed by atoms with van der Waals surface area (Å²) >= 11 is 3.26. The van der Waals surface area contributed by atoms with E-state index in [4.69, 9.17) is 0 Å². The Kier molecular flexibility index (Phi) is 4.75. The molecule has 0 radical (unpaired) electrons. The van der Waals surface area contributed by atoms with Crippen LogP contribution in [0, 0.1) is 5.82 Å². The van der Waals surface area contributed by atoms with Crippen molar-refractivity contribution in [1.29, 1.82) is 0 Å². The van der Waals surface area contributed by atoms with E-state index in [0.29, 0.717) is 10.0 Å². The minimum absolute atomic E-state index is 0.00350. The highest BCUT2D eigenvalue weighted by molar-refractivity contribution is 9.10. The lowest BCUT2D eigenvalue weighted by Crippen LogP contribution is -2.34. The van der Waals surface area contributed by atoms with Gasteiger partial charge in [0, 0.05) is 17.6 Å². The van der Waals surface area contributed by atoms with E-state index in [1.54, 1.807) is 6.07 Å². The molecule has 2 rings (SSSR count). The summed E-state index contributed by atoms with van der Waals surface area (Å²) in [4.78, 5) is 14.3. The zero-order valence-electron chi connectivity index (χ0n) is 10.3. The van der Waals surface area contributed by atoms with Gasteiger partial charge in [-0.25, -0.2) is 4.39 Å². The van der Waals surface area contributed by atoms with Crippen molar-refractivity contribution in [3.63, 3.8) is 0 Å². The molecule has 1 amide bonds. The molecule has 0 atom stereocenters. The van der Waals surface area contributed by atoms with Gasteiger partial charge in [-0.05, 0) is 47.0 Å². The molecule has 0 aliphatic carbocycles. The Morgan fingerprint density at radius 1 is 1.11 bits per heavy atom. The maximum Gasteiger partial charge on any atom is 0.255 e. The molecule has 1 aromatic rings. The van der Waals surface area contributed by atoms with E-state index in [-0.39, 0.29) is 11.7 Å². The summed E-state index contributed by atoms with van der Waals surface area (Å²) in [7, 11) is 0. The fourth-order valence-corrected chi connectivity index (χ4v) is 2.80. The number of hydrogen-bond donors (Lipinski definition) is 0. The van der Waals surface area contributed by atoms with Crippen LogP contribution in [0.15, 0.2) is 22.7 Å². The predicted molar refractivity (Wildman–Crippen MR) is 73.1 cm³/mol. The molecule has 2 nitrogen and oxygen atoms in total. The van der Waals surface area contributed by atoms with E-state index >= 15 is 0 Å². The summed E-state index contributed by atoms with van der Waals surface area (Å²) in [6.45, 7) is 1.62. The largest absolute Gasteiger partial charge is 0.339 e. The third-order valence-electron chi connectivity index (χ3n) is 3.30. The minimum atomic E-state index is -0.328. The molecule has 0 N–H and O–H groups in total. The number of benzene rings is 1. The average molecular weight is 314 g/mol. The van der Waals surface area contributed by atoms with Crippen LogP contribution in [0.25, 0.3) is 0 Å². The maximum absolute atomic E-state index is 13.0. The molecule has 0 saturated carbocycles. The van der Waals surface area contributed by atoms with Gasteiger partial charge >= 0.3 is 0 Å². The molecular weight excluding hydrogens is 297 g/mol. The average Bonchev–Trinajstić information content (AvgIpc) is 2.27. The number of carbonyl (C=O) groups is 1. The minimum Gasteiger partial charge on any atom is -0.339 e.